The molecule has 0 amide bonds. The molecule has 0 saturated carbocycles. The van der Waals surface area contributed by atoms with Crippen molar-refractivity contribution >= 4 is 23.2 Å². The number of fused-ring (bicyclic) bond motifs is 1. The lowest BCUT2D eigenvalue weighted by molar-refractivity contribution is 0.632. The highest BCUT2D eigenvalue weighted by molar-refractivity contribution is 5.64. The first kappa shape index (κ1) is 18.3. The quantitative estimate of drug-likeness (QED) is 0.514. The third-order valence-corrected chi connectivity index (χ3v) is 5.40. The fourth-order valence-electron chi connectivity index (χ4n) is 3.71. The Labute approximate surface area is 174 Å². The molecule has 1 fully saturated rings. The van der Waals surface area contributed by atoms with E-state index in [-0.39, 0.29) is 0 Å². The fraction of sp³-hybridized carbons (Fsp3) is 0.286. The Morgan fingerprint density at radius 1 is 0.833 bits per heavy atom. The maximum atomic E-state index is 4.83. The van der Waals surface area contributed by atoms with E-state index < -0.39 is 0 Å². The van der Waals surface area contributed by atoms with Gasteiger partial charge in [-0.3, -0.25) is 4.40 Å². The molecule has 0 spiro atoms. The first-order valence-corrected chi connectivity index (χ1v) is 9.94. The summed E-state index contributed by atoms with van der Waals surface area (Å²) in [7, 11) is 4.08. The number of piperazine rings is 1. The van der Waals surface area contributed by atoms with Gasteiger partial charge in [-0.2, -0.15) is 0 Å². The number of benzene rings is 1. The van der Waals surface area contributed by atoms with Gasteiger partial charge in [-0.25, -0.2) is 15.0 Å². The van der Waals surface area contributed by atoms with Gasteiger partial charge in [0, 0.05) is 63.9 Å². The summed E-state index contributed by atoms with van der Waals surface area (Å²) in [5.41, 5.74) is 3.20. The molecule has 1 saturated heterocycles. The van der Waals surface area contributed by atoms with Crippen molar-refractivity contribution in [3.8, 4) is 11.3 Å². The van der Waals surface area contributed by atoms with E-state index in [1.807, 2.05) is 36.8 Å². The van der Waals surface area contributed by atoms with Gasteiger partial charge >= 0.3 is 0 Å². The SMILES string of the molecule is CN(C)c1ccc(-c2ccnc(N3CCN(c4ccnc5nncn45)CC3)n2)cc1. The first-order chi connectivity index (χ1) is 14.7. The van der Waals surface area contributed by atoms with Gasteiger partial charge < -0.3 is 14.7 Å². The lowest BCUT2D eigenvalue weighted by Crippen LogP contribution is -2.47. The molecule has 5 rings (SSSR count). The molecule has 1 aliphatic rings. The molecular formula is C21H23N9. The van der Waals surface area contributed by atoms with Gasteiger partial charge in [-0.05, 0) is 24.3 Å². The highest BCUT2D eigenvalue weighted by Crippen LogP contribution is 2.23. The summed E-state index contributed by atoms with van der Waals surface area (Å²) in [5, 5.41) is 8.00. The van der Waals surface area contributed by atoms with Crippen LogP contribution >= 0.6 is 0 Å². The number of aromatic nitrogens is 6. The number of hydrogen-bond donors (Lipinski definition) is 0. The molecule has 30 heavy (non-hydrogen) atoms. The van der Waals surface area contributed by atoms with Crippen molar-refractivity contribution in [3.63, 3.8) is 0 Å². The molecule has 0 aliphatic carbocycles. The van der Waals surface area contributed by atoms with Crippen LogP contribution in [0.3, 0.4) is 0 Å². The molecule has 0 N–H and O–H groups in total. The first-order valence-electron chi connectivity index (χ1n) is 9.94. The van der Waals surface area contributed by atoms with E-state index in [4.69, 9.17) is 4.98 Å². The molecular weight excluding hydrogens is 378 g/mol. The van der Waals surface area contributed by atoms with Gasteiger partial charge in [0.15, 0.2) is 0 Å². The highest BCUT2D eigenvalue weighted by Gasteiger charge is 2.21. The molecule has 152 valence electrons. The third kappa shape index (κ3) is 3.38. The van der Waals surface area contributed by atoms with E-state index >= 15 is 0 Å². The molecule has 9 nitrogen and oxygen atoms in total. The van der Waals surface area contributed by atoms with E-state index in [9.17, 15) is 0 Å². The summed E-state index contributed by atoms with van der Waals surface area (Å²) < 4.78 is 1.92. The number of hydrogen-bond acceptors (Lipinski definition) is 8. The monoisotopic (exact) mass is 401 g/mol. The average Bonchev–Trinajstić information content (AvgIpc) is 3.28. The summed E-state index contributed by atoms with van der Waals surface area (Å²) in [5.74, 6) is 2.44. The van der Waals surface area contributed by atoms with Gasteiger partial charge in [0.2, 0.25) is 5.95 Å². The van der Waals surface area contributed by atoms with Crippen LogP contribution in [0.25, 0.3) is 17.0 Å². The van der Waals surface area contributed by atoms with E-state index in [2.05, 4.69) is 59.1 Å². The number of anilines is 3. The zero-order chi connectivity index (χ0) is 20.5. The normalized spacial score (nSPS) is 14.3. The second kappa shape index (κ2) is 7.58. The van der Waals surface area contributed by atoms with Gasteiger partial charge in [-0.15, -0.1) is 10.2 Å². The highest BCUT2D eigenvalue weighted by atomic mass is 15.4. The van der Waals surface area contributed by atoms with Crippen LogP contribution in [0.4, 0.5) is 17.5 Å². The molecule has 4 heterocycles. The summed E-state index contributed by atoms with van der Waals surface area (Å²) in [6, 6.07) is 12.4. The molecule has 0 bridgehead atoms. The summed E-state index contributed by atoms with van der Waals surface area (Å²) in [6.07, 6.45) is 5.32. The lowest BCUT2D eigenvalue weighted by Gasteiger charge is -2.36. The topological polar surface area (TPSA) is 78.6 Å². The molecule has 3 aromatic heterocycles. The van der Waals surface area contributed by atoms with Crippen molar-refractivity contribution in [2.75, 3.05) is 55.0 Å². The Balaban J connectivity index is 1.32. The maximum absolute atomic E-state index is 4.83. The smallest absolute Gasteiger partial charge is 0.256 e. The summed E-state index contributed by atoms with van der Waals surface area (Å²) >= 11 is 0. The fourth-order valence-corrected chi connectivity index (χ4v) is 3.71. The standard InChI is InChI=1S/C21H23N9/c1-27(2)17-5-3-16(4-6-17)18-7-9-22-20(25-18)29-13-11-28(12-14-29)19-8-10-23-21-26-24-15-30(19)21/h3-10,15H,11-14H2,1-2H3. The Morgan fingerprint density at radius 2 is 1.57 bits per heavy atom. The minimum absolute atomic E-state index is 0.617. The molecule has 0 atom stereocenters. The Kier molecular flexibility index (Phi) is 4.62. The lowest BCUT2D eigenvalue weighted by atomic mass is 10.1. The number of nitrogens with zero attached hydrogens (tertiary/aromatic N) is 9. The molecule has 0 radical (unpaired) electrons. The minimum atomic E-state index is 0.617. The van der Waals surface area contributed by atoms with Crippen LogP contribution in [-0.2, 0) is 0 Å². The molecule has 9 heteroatoms. The molecule has 0 unspecified atom stereocenters. The van der Waals surface area contributed by atoms with Gasteiger partial charge in [0.1, 0.15) is 12.1 Å². The van der Waals surface area contributed by atoms with Crippen molar-refractivity contribution in [1.82, 2.24) is 29.5 Å². The van der Waals surface area contributed by atoms with Crippen molar-refractivity contribution in [2.24, 2.45) is 0 Å². The zero-order valence-corrected chi connectivity index (χ0v) is 17.0. The Hall–Kier alpha value is -3.75. The Bertz CT molecular complexity index is 1140. The van der Waals surface area contributed by atoms with Crippen LogP contribution < -0.4 is 14.7 Å². The second-order valence-corrected chi connectivity index (χ2v) is 7.46. The van der Waals surface area contributed by atoms with Crippen molar-refractivity contribution < 1.29 is 0 Å². The van der Waals surface area contributed by atoms with Crippen LogP contribution in [0.5, 0.6) is 0 Å². The average molecular weight is 401 g/mol. The largest absolute Gasteiger partial charge is 0.378 e. The van der Waals surface area contributed by atoms with Crippen LogP contribution in [0.15, 0.2) is 55.1 Å². The van der Waals surface area contributed by atoms with Crippen LogP contribution in [-0.4, -0.2) is 69.8 Å². The number of rotatable bonds is 4. The molecule has 4 aromatic rings. The van der Waals surface area contributed by atoms with Crippen molar-refractivity contribution in [2.45, 2.75) is 0 Å². The minimum Gasteiger partial charge on any atom is -0.378 e. The van der Waals surface area contributed by atoms with Crippen LogP contribution in [0.2, 0.25) is 0 Å². The van der Waals surface area contributed by atoms with Gasteiger partial charge in [-0.1, -0.05) is 12.1 Å². The van der Waals surface area contributed by atoms with E-state index in [0.717, 1.165) is 49.2 Å². The van der Waals surface area contributed by atoms with Crippen LogP contribution in [0.1, 0.15) is 0 Å². The third-order valence-electron chi connectivity index (χ3n) is 5.40. The van der Waals surface area contributed by atoms with E-state index in [1.165, 1.54) is 5.69 Å². The molecule has 1 aromatic carbocycles. The van der Waals surface area contributed by atoms with E-state index in [1.54, 1.807) is 12.5 Å². The van der Waals surface area contributed by atoms with Gasteiger partial charge in [0.05, 0.1) is 5.69 Å². The predicted octanol–water partition coefficient (Wildman–Crippen LogP) is 1.97. The van der Waals surface area contributed by atoms with Crippen molar-refractivity contribution in [1.29, 1.82) is 0 Å². The Morgan fingerprint density at radius 3 is 2.33 bits per heavy atom. The second-order valence-electron chi connectivity index (χ2n) is 7.46. The summed E-state index contributed by atoms with van der Waals surface area (Å²) in [6.45, 7) is 3.41. The maximum Gasteiger partial charge on any atom is 0.256 e. The van der Waals surface area contributed by atoms with Crippen molar-refractivity contribution in [3.05, 3.63) is 55.1 Å². The molecule has 1 aliphatic heterocycles. The van der Waals surface area contributed by atoms with E-state index in [0.29, 0.717) is 5.78 Å². The zero-order valence-electron chi connectivity index (χ0n) is 17.0. The van der Waals surface area contributed by atoms with Gasteiger partial charge in [0.25, 0.3) is 5.78 Å². The van der Waals surface area contributed by atoms with Crippen LogP contribution in [0, 0.1) is 0 Å². The predicted molar refractivity (Wildman–Crippen MR) is 117 cm³/mol. The summed E-state index contributed by atoms with van der Waals surface area (Å²) in [4.78, 5) is 20.2.